The third-order valence-corrected chi connectivity index (χ3v) is 2.02. The summed E-state index contributed by atoms with van der Waals surface area (Å²) in [5, 5.41) is 2.77. The number of hydrogen-bond donors (Lipinski definition) is 1. The molecule has 0 saturated carbocycles. The molecule has 0 bridgehead atoms. The maximum atomic E-state index is 11.2. The molecule has 0 fully saturated rings. The van der Waals surface area contributed by atoms with Gasteiger partial charge in [-0.2, -0.15) is 0 Å². The molecule has 1 aromatic heterocycles. The first-order chi connectivity index (χ1) is 5.20. The van der Waals surface area contributed by atoms with E-state index in [9.17, 15) is 4.79 Å². The van der Waals surface area contributed by atoms with E-state index in [0.29, 0.717) is 0 Å². The van der Waals surface area contributed by atoms with Crippen LogP contribution in [0, 0.1) is 6.92 Å². The zero-order valence-electron chi connectivity index (χ0n) is 7.27. The molecule has 0 atom stereocenters. The molecule has 0 aliphatic carbocycles. The van der Waals surface area contributed by atoms with Crippen LogP contribution in [-0.2, 0) is 13.0 Å². The van der Waals surface area contributed by atoms with Crippen molar-refractivity contribution in [3.05, 3.63) is 21.6 Å². The van der Waals surface area contributed by atoms with E-state index in [2.05, 4.69) is 5.10 Å². The highest BCUT2D eigenvalue weighted by atomic mass is 16.1. The molecule has 0 radical (unpaired) electrons. The number of aryl methyl sites for hydroxylation is 1. The molecule has 1 rings (SSSR count). The first-order valence-electron chi connectivity index (χ1n) is 3.99. The number of aromatic amines is 1. The van der Waals surface area contributed by atoms with E-state index in [1.165, 1.54) is 0 Å². The fraction of sp³-hybridized carbons (Fsp3) is 0.625. The Kier molecular flexibility index (Phi) is 2.17. The molecule has 0 aliphatic rings. The summed E-state index contributed by atoms with van der Waals surface area (Å²) in [6, 6.07) is 0. The van der Waals surface area contributed by atoms with Gasteiger partial charge in [-0.3, -0.25) is 14.6 Å². The van der Waals surface area contributed by atoms with Gasteiger partial charge in [0.2, 0.25) is 0 Å². The molecule has 0 aliphatic heterocycles. The summed E-state index contributed by atoms with van der Waals surface area (Å²) in [5.41, 5.74) is 2.04. The number of nitrogens with one attached hydrogen (secondary N) is 1. The first-order valence-corrected chi connectivity index (χ1v) is 3.99. The van der Waals surface area contributed by atoms with Gasteiger partial charge in [0.15, 0.2) is 0 Å². The monoisotopic (exact) mass is 154 g/mol. The van der Waals surface area contributed by atoms with Crippen LogP contribution in [0.5, 0.6) is 0 Å². The van der Waals surface area contributed by atoms with E-state index in [0.717, 1.165) is 24.2 Å². The molecule has 0 amide bonds. The van der Waals surface area contributed by atoms with E-state index >= 15 is 0 Å². The van der Waals surface area contributed by atoms with E-state index in [-0.39, 0.29) is 5.56 Å². The minimum absolute atomic E-state index is 0.0619. The highest BCUT2D eigenvalue weighted by Gasteiger charge is 2.06. The van der Waals surface area contributed by atoms with Crippen molar-refractivity contribution in [2.75, 3.05) is 0 Å². The van der Waals surface area contributed by atoms with Crippen molar-refractivity contribution in [1.29, 1.82) is 0 Å². The van der Waals surface area contributed by atoms with Gasteiger partial charge in [0.05, 0.1) is 0 Å². The summed E-state index contributed by atoms with van der Waals surface area (Å²) >= 11 is 0. The Morgan fingerprint density at radius 3 is 2.36 bits per heavy atom. The van der Waals surface area contributed by atoms with Gasteiger partial charge in [0, 0.05) is 17.8 Å². The Morgan fingerprint density at radius 1 is 1.45 bits per heavy atom. The largest absolute Gasteiger partial charge is 0.290 e. The van der Waals surface area contributed by atoms with Crippen molar-refractivity contribution in [3.8, 4) is 0 Å². The third-order valence-electron chi connectivity index (χ3n) is 2.02. The molecular formula is C8H14N2O. The molecule has 0 aromatic carbocycles. The third kappa shape index (κ3) is 1.23. The zero-order valence-corrected chi connectivity index (χ0v) is 7.27. The summed E-state index contributed by atoms with van der Waals surface area (Å²) in [4.78, 5) is 11.2. The molecule has 0 saturated heterocycles. The lowest BCUT2D eigenvalue weighted by Crippen LogP contribution is -2.06. The van der Waals surface area contributed by atoms with Crippen molar-refractivity contribution in [2.24, 2.45) is 0 Å². The molecule has 3 heteroatoms. The number of aromatic nitrogens is 2. The summed E-state index contributed by atoms with van der Waals surface area (Å²) in [5.74, 6) is 0. The topological polar surface area (TPSA) is 37.8 Å². The second kappa shape index (κ2) is 2.95. The smallest absolute Gasteiger partial charge is 0.267 e. The Balaban J connectivity index is 3.25. The normalized spacial score (nSPS) is 10.5. The van der Waals surface area contributed by atoms with E-state index < -0.39 is 0 Å². The Labute approximate surface area is 66.0 Å². The predicted octanol–water partition coefficient (Wildman–Crippen LogP) is 1.07. The Hall–Kier alpha value is -0.990. The molecule has 11 heavy (non-hydrogen) atoms. The van der Waals surface area contributed by atoms with Gasteiger partial charge in [-0.15, -0.1) is 0 Å². The van der Waals surface area contributed by atoms with Gasteiger partial charge in [0.25, 0.3) is 5.56 Å². The molecule has 62 valence electrons. The quantitative estimate of drug-likeness (QED) is 0.679. The van der Waals surface area contributed by atoms with Crippen molar-refractivity contribution in [3.63, 3.8) is 0 Å². The number of hydrogen-bond acceptors (Lipinski definition) is 1. The van der Waals surface area contributed by atoms with Crippen LogP contribution in [0.1, 0.15) is 25.1 Å². The van der Waals surface area contributed by atoms with Gasteiger partial charge >= 0.3 is 0 Å². The van der Waals surface area contributed by atoms with Crippen LogP contribution in [0.2, 0.25) is 0 Å². The minimum Gasteiger partial charge on any atom is -0.290 e. The standard InChI is InChI=1S/C8H14N2O/c1-4-7-6(3)10(5-2)9-8(7)11/h4-5H2,1-3H3,(H,9,11). The fourth-order valence-electron chi connectivity index (χ4n) is 1.33. The zero-order chi connectivity index (χ0) is 8.43. The summed E-state index contributed by atoms with van der Waals surface area (Å²) in [7, 11) is 0. The molecule has 1 heterocycles. The summed E-state index contributed by atoms with van der Waals surface area (Å²) < 4.78 is 1.88. The molecule has 0 spiro atoms. The van der Waals surface area contributed by atoms with Crippen molar-refractivity contribution in [1.82, 2.24) is 9.78 Å². The van der Waals surface area contributed by atoms with Gasteiger partial charge in [-0.25, -0.2) is 0 Å². The van der Waals surface area contributed by atoms with E-state index in [1.54, 1.807) is 0 Å². The SMILES string of the molecule is CCc1c(C)n(CC)[nH]c1=O. The van der Waals surface area contributed by atoms with Gasteiger partial charge in [-0.1, -0.05) is 6.92 Å². The highest BCUT2D eigenvalue weighted by Crippen LogP contribution is 2.01. The van der Waals surface area contributed by atoms with E-state index in [1.807, 2.05) is 25.5 Å². The van der Waals surface area contributed by atoms with Gasteiger partial charge in [0.1, 0.15) is 0 Å². The average Bonchev–Trinajstić information content (AvgIpc) is 2.26. The summed E-state index contributed by atoms with van der Waals surface area (Å²) in [6.45, 7) is 6.82. The Bertz CT molecular complexity index is 296. The minimum atomic E-state index is 0.0619. The lowest BCUT2D eigenvalue weighted by atomic mass is 10.2. The van der Waals surface area contributed by atoms with Crippen LogP contribution in [0.25, 0.3) is 0 Å². The number of nitrogens with zero attached hydrogens (tertiary/aromatic N) is 1. The lowest BCUT2D eigenvalue weighted by molar-refractivity contribution is 0.633. The second-order valence-corrected chi connectivity index (χ2v) is 2.60. The molecule has 0 unspecified atom stereocenters. The molecule has 3 nitrogen and oxygen atoms in total. The summed E-state index contributed by atoms with van der Waals surface area (Å²) in [6.07, 6.45) is 0.814. The maximum Gasteiger partial charge on any atom is 0.267 e. The fourth-order valence-corrected chi connectivity index (χ4v) is 1.33. The van der Waals surface area contributed by atoms with Crippen molar-refractivity contribution >= 4 is 0 Å². The van der Waals surface area contributed by atoms with E-state index in [4.69, 9.17) is 0 Å². The average molecular weight is 154 g/mol. The molecule has 1 aromatic rings. The predicted molar refractivity (Wildman–Crippen MR) is 44.8 cm³/mol. The molecular weight excluding hydrogens is 140 g/mol. The number of H-pyrrole nitrogens is 1. The second-order valence-electron chi connectivity index (χ2n) is 2.60. The van der Waals surface area contributed by atoms with Crippen molar-refractivity contribution < 1.29 is 0 Å². The van der Waals surface area contributed by atoms with Crippen molar-refractivity contribution in [2.45, 2.75) is 33.7 Å². The maximum absolute atomic E-state index is 11.2. The van der Waals surface area contributed by atoms with Crippen LogP contribution in [0.4, 0.5) is 0 Å². The van der Waals surface area contributed by atoms with Crippen LogP contribution in [0.15, 0.2) is 4.79 Å². The lowest BCUT2D eigenvalue weighted by Gasteiger charge is -1.99. The number of rotatable bonds is 2. The highest BCUT2D eigenvalue weighted by molar-refractivity contribution is 5.15. The Morgan fingerprint density at radius 2 is 2.09 bits per heavy atom. The van der Waals surface area contributed by atoms with Gasteiger partial charge < -0.3 is 0 Å². The van der Waals surface area contributed by atoms with Crippen LogP contribution >= 0.6 is 0 Å². The van der Waals surface area contributed by atoms with Gasteiger partial charge in [-0.05, 0) is 20.3 Å². The van der Waals surface area contributed by atoms with Crippen LogP contribution < -0.4 is 5.56 Å². The first kappa shape index (κ1) is 8.11. The molecule has 1 N–H and O–H groups in total. The van der Waals surface area contributed by atoms with Crippen LogP contribution in [-0.4, -0.2) is 9.78 Å². The van der Waals surface area contributed by atoms with Crippen LogP contribution in [0.3, 0.4) is 0 Å².